The number of hydrogen-bond donors (Lipinski definition) is 2. The first-order valence-electron chi connectivity index (χ1n) is 9.43. The summed E-state index contributed by atoms with van der Waals surface area (Å²) in [6.07, 6.45) is 2.25. The van der Waals surface area contributed by atoms with Crippen LogP contribution in [-0.2, 0) is 11.2 Å². The second-order valence-corrected chi connectivity index (χ2v) is 7.21. The van der Waals surface area contributed by atoms with Crippen LogP contribution in [0.25, 0.3) is 0 Å². The van der Waals surface area contributed by atoms with Crippen molar-refractivity contribution in [2.75, 3.05) is 6.54 Å². The maximum atomic E-state index is 14.0. The van der Waals surface area contributed by atoms with Crippen LogP contribution in [0.1, 0.15) is 42.6 Å². The van der Waals surface area contributed by atoms with E-state index in [0.717, 1.165) is 10.5 Å². The highest BCUT2D eigenvalue weighted by Gasteiger charge is 2.52. The SMILES string of the molecule is CC#CCC(C)C(O)C=CC1CC(F)(F)C(=O)N1CCc1ccc(C(=O)O)cc1. The highest BCUT2D eigenvalue weighted by Crippen LogP contribution is 2.34. The molecule has 5 nitrogen and oxygen atoms in total. The molecule has 1 saturated heterocycles. The number of carbonyl (C=O) groups excluding carboxylic acids is 1. The summed E-state index contributed by atoms with van der Waals surface area (Å²) in [5.41, 5.74) is 0.877. The molecule has 29 heavy (non-hydrogen) atoms. The first-order valence-corrected chi connectivity index (χ1v) is 9.43. The number of carboxylic acids is 1. The van der Waals surface area contributed by atoms with Crippen molar-refractivity contribution in [3.63, 3.8) is 0 Å². The van der Waals surface area contributed by atoms with Crippen LogP contribution in [0.5, 0.6) is 0 Å². The molecule has 1 fully saturated rings. The number of aromatic carboxylic acids is 1. The Balaban J connectivity index is 2.06. The number of carbonyl (C=O) groups is 2. The molecule has 156 valence electrons. The van der Waals surface area contributed by atoms with E-state index in [4.69, 9.17) is 5.11 Å². The summed E-state index contributed by atoms with van der Waals surface area (Å²) in [5, 5.41) is 19.1. The highest BCUT2D eigenvalue weighted by molar-refractivity contribution is 5.87. The van der Waals surface area contributed by atoms with Gasteiger partial charge in [0.05, 0.1) is 17.7 Å². The summed E-state index contributed by atoms with van der Waals surface area (Å²) >= 11 is 0. The molecule has 0 radical (unpaired) electrons. The van der Waals surface area contributed by atoms with Gasteiger partial charge in [0.2, 0.25) is 0 Å². The topological polar surface area (TPSA) is 77.8 Å². The molecule has 3 atom stereocenters. The zero-order valence-electron chi connectivity index (χ0n) is 16.4. The average molecular weight is 405 g/mol. The maximum absolute atomic E-state index is 14.0. The summed E-state index contributed by atoms with van der Waals surface area (Å²) in [6.45, 7) is 3.59. The van der Waals surface area contributed by atoms with E-state index in [2.05, 4.69) is 11.8 Å². The lowest BCUT2D eigenvalue weighted by Gasteiger charge is -2.22. The van der Waals surface area contributed by atoms with Crippen LogP contribution in [0.2, 0.25) is 0 Å². The number of carboxylic acid groups (broad SMARTS) is 1. The molecule has 2 rings (SSSR count). The molecule has 3 unspecified atom stereocenters. The van der Waals surface area contributed by atoms with Gasteiger partial charge in [0.1, 0.15) is 0 Å². The number of rotatable bonds is 8. The Morgan fingerprint density at radius 3 is 2.62 bits per heavy atom. The Morgan fingerprint density at radius 1 is 1.38 bits per heavy atom. The minimum atomic E-state index is -3.44. The predicted octanol–water partition coefficient (Wildman–Crippen LogP) is 3.13. The zero-order valence-corrected chi connectivity index (χ0v) is 16.4. The highest BCUT2D eigenvalue weighted by atomic mass is 19.3. The molecular weight excluding hydrogens is 380 g/mol. The monoisotopic (exact) mass is 405 g/mol. The van der Waals surface area contributed by atoms with Crippen molar-refractivity contribution in [3.8, 4) is 11.8 Å². The third-order valence-electron chi connectivity index (χ3n) is 5.00. The minimum absolute atomic E-state index is 0.0722. The van der Waals surface area contributed by atoms with Crippen molar-refractivity contribution < 1.29 is 28.6 Å². The van der Waals surface area contributed by atoms with E-state index < -0.39 is 36.4 Å². The molecule has 1 heterocycles. The fourth-order valence-corrected chi connectivity index (χ4v) is 3.14. The number of aliphatic hydroxyl groups is 1. The maximum Gasteiger partial charge on any atom is 0.335 e. The Hall–Kier alpha value is -2.72. The van der Waals surface area contributed by atoms with E-state index in [9.17, 15) is 23.5 Å². The number of likely N-dealkylation sites (tertiary alicyclic amines) is 1. The van der Waals surface area contributed by atoms with Crippen molar-refractivity contribution in [2.45, 2.75) is 51.2 Å². The van der Waals surface area contributed by atoms with E-state index in [1.807, 2.05) is 6.92 Å². The summed E-state index contributed by atoms with van der Waals surface area (Å²) in [5.74, 6) is -0.252. The third-order valence-corrected chi connectivity index (χ3v) is 5.00. The number of amides is 1. The number of alkyl halides is 2. The zero-order chi connectivity index (χ0) is 21.6. The molecule has 1 aliphatic heterocycles. The standard InChI is InChI=1S/C22H25F2NO4/c1-3-4-5-15(2)19(26)11-10-18-14-22(23,24)21(29)25(18)13-12-16-6-8-17(9-7-16)20(27)28/h6-11,15,18-19,26H,5,12-14H2,1-2H3,(H,27,28). The average Bonchev–Trinajstić information content (AvgIpc) is 2.91. The number of halogens is 2. The van der Waals surface area contributed by atoms with Crippen LogP contribution in [-0.4, -0.2) is 51.6 Å². The Morgan fingerprint density at radius 2 is 2.03 bits per heavy atom. The number of benzene rings is 1. The van der Waals surface area contributed by atoms with Crippen molar-refractivity contribution in [3.05, 3.63) is 47.5 Å². The van der Waals surface area contributed by atoms with Gasteiger partial charge in [0.15, 0.2) is 0 Å². The molecule has 0 aromatic heterocycles. The number of hydrogen-bond acceptors (Lipinski definition) is 3. The summed E-state index contributed by atoms with van der Waals surface area (Å²) in [7, 11) is 0. The fraction of sp³-hybridized carbons (Fsp3) is 0.455. The molecule has 7 heteroatoms. The lowest BCUT2D eigenvalue weighted by molar-refractivity contribution is -0.148. The van der Waals surface area contributed by atoms with Crippen LogP contribution >= 0.6 is 0 Å². The van der Waals surface area contributed by atoms with E-state index in [1.165, 1.54) is 24.3 Å². The summed E-state index contributed by atoms with van der Waals surface area (Å²) < 4.78 is 28.0. The normalized spacial score (nSPS) is 20.4. The van der Waals surface area contributed by atoms with Crippen LogP contribution in [0.4, 0.5) is 8.78 Å². The molecule has 1 aromatic carbocycles. The minimum Gasteiger partial charge on any atom is -0.478 e. The van der Waals surface area contributed by atoms with Gasteiger partial charge < -0.3 is 15.1 Å². The Bertz CT molecular complexity index is 823. The molecule has 0 spiro atoms. The van der Waals surface area contributed by atoms with Gasteiger partial charge in [-0.2, -0.15) is 8.78 Å². The molecule has 0 saturated carbocycles. The van der Waals surface area contributed by atoms with E-state index in [0.29, 0.717) is 12.8 Å². The Kier molecular flexibility index (Phi) is 7.52. The first kappa shape index (κ1) is 22.6. The lowest BCUT2D eigenvalue weighted by Crippen LogP contribution is -2.37. The lowest BCUT2D eigenvalue weighted by atomic mass is 10.00. The second kappa shape index (κ2) is 9.66. The van der Waals surface area contributed by atoms with Gasteiger partial charge in [-0.15, -0.1) is 11.8 Å². The third kappa shape index (κ3) is 5.88. The largest absolute Gasteiger partial charge is 0.478 e. The van der Waals surface area contributed by atoms with E-state index >= 15 is 0 Å². The smallest absolute Gasteiger partial charge is 0.335 e. The second-order valence-electron chi connectivity index (χ2n) is 7.21. The van der Waals surface area contributed by atoms with Crippen LogP contribution < -0.4 is 0 Å². The molecule has 1 aromatic rings. The molecule has 1 aliphatic rings. The number of aliphatic hydroxyl groups excluding tert-OH is 1. The van der Waals surface area contributed by atoms with Gasteiger partial charge >= 0.3 is 11.9 Å². The van der Waals surface area contributed by atoms with Crippen LogP contribution in [0.15, 0.2) is 36.4 Å². The van der Waals surface area contributed by atoms with Gasteiger partial charge in [0, 0.05) is 19.4 Å². The molecule has 1 amide bonds. The van der Waals surface area contributed by atoms with E-state index in [1.54, 1.807) is 19.1 Å². The van der Waals surface area contributed by atoms with Crippen molar-refractivity contribution in [1.29, 1.82) is 0 Å². The van der Waals surface area contributed by atoms with Crippen molar-refractivity contribution in [2.24, 2.45) is 5.92 Å². The van der Waals surface area contributed by atoms with Gasteiger partial charge in [-0.3, -0.25) is 4.79 Å². The van der Waals surface area contributed by atoms with Gasteiger partial charge in [-0.1, -0.05) is 31.2 Å². The van der Waals surface area contributed by atoms with Gasteiger partial charge in [-0.25, -0.2) is 4.79 Å². The van der Waals surface area contributed by atoms with Gasteiger partial charge in [-0.05, 0) is 37.0 Å². The number of nitrogens with zero attached hydrogens (tertiary/aromatic N) is 1. The Labute approximate surface area is 169 Å². The fourth-order valence-electron chi connectivity index (χ4n) is 3.14. The predicted molar refractivity (Wildman–Crippen MR) is 105 cm³/mol. The first-order chi connectivity index (χ1) is 13.7. The van der Waals surface area contributed by atoms with Crippen molar-refractivity contribution >= 4 is 11.9 Å². The van der Waals surface area contributed by atoms with E-state index in [-0.39, 0.29) is 18.0 Å². The molecule has 0 aliphatic carbocycles. The quantitative estimate of drug-likeness (QED) is 0.515. The summed E-state index contributed by atoms with van der Waals surface area (Å²) in [6, 6.07) is 5.27. The summed E-state index contributed by atoms with van der Waals surface area (Å²) in [4.78, 5) is 24.1. The molecule has 2 N–H and O–H groups in total. The van der Waals surface area contributed by atoms with Crippen LogP contribution in [0.3, 0.4) is 0 Å². The van der Waals surface area contributed by atoms with Crippen LogP contribution in [0, 0.1) is 17.8 Å². The van der Waals surface area contributed by atoms with Crippen molar-refractivity contribution in [1.82, 2.24) is 4.90 Å². The van der Waals surface area contributed by atoms with Gasteiger partial charge in [0.25, 0.3) is 5.91 Å². The molecular formula is C22H25F2NO4. The molecule has 0 bridgehead atoms.